The van der Waals surface area contributed by atoms with Gasteiger partial charge in [-0.25, -0.2) is 0 Å². The lowest BCUT2D eigenvalue weighted by Gasteiger charge is -2.13. The predicted octanol–water partition coefficient (Wildman–Crippen LogP) is -0.892. The van der Waals surface area contributed by atoms with Gasteiger partial charge in [-0.05, 0) is 18.2 Å². The van der Waals surface area contributed by atoms with Gasteiger partial charge in [0.15, 0.2) is 0 Å². The van der Waals surface area contributed by atoms with E-state index in [1.54, 1.807) is 18.2 Å². The molecule has 4 N–H and O–H groups in total. The van der Waals surface area contributed by atoms with Gasteiger partial charge in [0.25, 0.3) is 0 Å². The van der Waals surface area contributed by atoms with Crippen molar-refractivity contribution in [2.75, 3.05) is 10.9 Å². The normalized spacial score (nSPS) is 14.1. The third-order valence-electron chi connectivity index (χ3n) is 1.42. The average molecular weight is 264 g/mol. The lowest BCUT2D eigenvalue weighted by molar-refractivity contribution is 0.527. The zero-order valence-electron chi connectivity index (χ0n) is 7.76. The van der Waals surface area contributed by atoms with Crippen LogP contribution in [0.15, 0.2) is 24.3 Å². The van der Waals surface area contributed by atoms with Crippen LogP contribution >= 0.6 is 0 Å². The molecule has 0 amide bonds. The van der Waals surface area contributed by atoms with Crippen LogP contribution in [0.1, 0.15) is 0 Å². The Kier molecular flexibility index (Phi) is 5.31. The molecule has 10 heteroatoms. The Morgan fingerprint density at radius 1 is 0.938 bits per heavy atom. The predicted molar refractivity (Wildman–Crippen MR) is 57.8 cm³/mol. The summed E-state index contributed by atoms with van der Waals surface area (Å²) in [5.74, 6) is 0. The van der Waals surface area contributed by atoms with E-state index in [1.807, 2.05) is 9.66 Å². The molecular formula is C6H8N4O4S2-2. The first-order chi connectivity index (χ1) is 7.58. The summed E-state index contributed by atoms with van der Waals surface area (Å²) in [5, 5.41) is 0. The van der Waals surface area contributed by atoms with Crippen LogP contribution in [0.4, 0.5) is 11.4 Å². The molecular weight excluding hydrogens is 256 g/mol. The number of hydrogen-bond acceptors (Lipinski definition) is 6. The standard InChI is InChI=1S/C6H10N4O4S2/c11-15(12)9-7-5-2-1-3-6(4-5)8-10-16(13)14/h1-4,7-10H,(H,11,12)(H,13,14)/p-2. The third-order valence-corrected chi connectivity index (χ3v) is 1.96. The molecule has 0 bridgehead atoms. The minimum Gasteiger partial charge on any atom is -0.759 e. The van der Waals surface area contributed by atoms with Crippen LogP contribution in [0.3, 0.4) is 0 Å². The topological polar surface area (TPSA) is 128 Å². The molecule has 2 atom stereocenters. The SMILES string of the molecule is O=S([O-])NNc1cccc(NNS(=O)[O-])c1. The van der Waals surface area contributed by atoms with Crippen molar-refractivity contribution >= 4 is 33.9 Å². The summed E-state index contributed by atoms with van der Waals surface area (Å²) in [6.45, 7) is 0. The van der Waals surface area contributed by atoms with E-state index in [9.17, 15) is 17.5 Å². The fourth-order valence-corrected chi connectivity index (χ4v) is 1.28. The largest absolute Gasteiger partial charge is 0.759 e. The van der Waals surface area contributed by atoms with Crippen LogP contribution in [0.5, 0.6) is 0 Å². The molecule has 1 rings (SSSR count). The van der Waals surface area contributed by atoms with Gasteiger partial charge in [0.2, 0.25) is 0 Å². The van der Waals surface area contributed by atoms with E-state index < -0.39 is 22.5 Å². The van der Waals surface area contributed by atoms with Gasteiger partial charge in [-0.3, -0.25) is 8.42 Å². The Hall–Kier alpha value is -1.04. The highest BCUT2D eigenvalue weighted by Crippen LogP contribution is 2.13. The van der Waals surface area contributed by atoms with E-state index in [0.717, 1.165) is 0 Å². The Balaban J connectivity index is 2.56. The van der Waals surface area contributed by atoms with E-state index in [-0.39, 0.29) is 0 Å². The molecule has 2 unspecified atom stereocenters. The Morgan fingerprint density at radius 3 is 1.75 bits per heavy atom. The van der Waals surface area contributed by atoms with Gasteiger partial charge in [-0.1, -0.05) is 6.07 Å². The molecule has 0 spiro atoms. The Labute approximate surface area is 96.6 Å². The highest BCUT2D eigenvalue weighted by atomic mass is 32.2. The van der Waals surface area contributed by atoms with E-state index in [2.05, 4.69) is 10.9 Å². The van der Waals surface area contributed by atoms with Gasteiger partial charge in [-0.2, -0.15) is 9.66 Å². The summed E-state index contributed by atoms with van der Waals surface area (Å²) in [7, 11) is 0. The molecule has 1 aromatic carbocycles. The second-order valence-electron chi connectivity index (χ2n) is 2.50. The Bertz CT molecular complexity index is 369. The fraction of sp³-hybridized carbons (Fsp3) is 0. The summed E-state index contributed by atoms with van der Waals surface area (Å²) >= 11 is -4.86. The van der Waals surface area contributed by atoms with Gasteiger partial charge in [0, 0.05) is 22.5 Å². The van der Waals surface area contributed by atoms with Crippen LogP contribution in [0.25, 0.3) is 0 Å². The van der Waals surface area contributed by atoms with Crippen molar-refractivity contribution in [2.45, 2.75) is 0 Å². The number of benzene rings is 1. The molecule has 0 fully saturated rings. The van der Waals surface area contributed by atoms with Crippen molar-refractivity contribution in [1.29, 1.82) is 0 Å². The second-order valence-corrected chi connectivity index (χ2v) is 3.85. The lowest BCUT2D eigenvalue weighted by atomic mass is 10.3. The third kappa shape index (κ3) is 5.16. The van der Waals surface area contributed by atoms with E-state index in [1.165, 1.54) is 6.07 Å². The molecule has 1 aromatic rings. The smallest absolute Gasteiger partial charge is 0.0518 e. The molecule has 0 aliphatic heterocycles. The van der Waals surface area contributed by atoms with Crippen LogP contribution in [-0.2, 0) is 22.5 Å². The minimum absolute atomic E-state index is 0.452. The van der Waals surface area contributed by atoms with Gasteiger partial charge in [-0.15, -0.1) is 0 Å². The molecule has 0 saturated carbocycles. The second kappa shape index (κ2) is 6.52. The van der Waals surface area contributed by atoms with Crippen molar-refractivity contribution in [3.8, 4) is 0 Å². The molecule has 90 valence electrons. The first-order valence-corrected chi connectivity index (χ1v) is 6.05. The molecule has 8 nitrogen and oxygen atoms in total. The van der Waals surface area contributed by atoms with E-state index >= 15 is 0 Å². The lowest BCUT2D eigenvalue weighted by Crippen LogP contribution is -2.25. The van der Waals surface area contributed by atoms with Gasteiger partial charge in [0.05, 0.1) is 11.4 Å². The first kappa shape index (κ1) is 13.0. The maximum Gasteiger partial charge on any atom is 0.0518 e. The maximum atomic E-state index is 10.2. The molecule has 0 aromatic heterocycles. The number of hydrazine groups is 2. The van der Waals surface area contributed by atoms with Gasteiger partial charge < -0.3 is 20.0 Å². The summed E-state index contributed by atoms with van der Waals surface area (Å²) in [6, 6.07) is 6.30. The van der Waals surface area contributed by atoms with Crippen molar-refractivity contribution in [3.63, 3.8) is 0 Å². The molecule has 0 radical (unpaired) electrons. The van der Waals surface area contributed by atoms with Crippen molar-refractivity contribution < 1.29 is 17.5 Å². The molecule has 0 aliphatic carbocycles. The monoisotopic (exact) mass is 264 g/mol. The summed E-state index contributed by atoms with van der Waals surface area (Å²) in [6.07, 6.45) is 0. The highest BCUT2D eigenvalue weighted by molar-refractivity contribution is 7.77. The fourth-order valence-electron chi connectivity index (χ4n) is 0.876. The number of hydrogen-bond donors (Lipinski definition) is 4. The highest BCUT2D eigenvalue weighted by Gasteiger charge is 1.94. The average Bonchev–Trinajstić information content (AvgIpc) is 2.24. The van der Waals surface area contributed by atoms with E-state index in [4.69, 9.17) is 0 Å². The van der Waals surface area contributed by atoms with Gasteiger partial charge in [0.1, 0.15) is 0 Å². The quantitative estimate of drug-likeness (QED) is 0.389. The zero-order valence-corrected chi connectivity index (χ0v) is 9.39. The summed E-state index contributed by atoms with van der Waals surface area (Å²) < 4.78 is 40.8. The molecule has 0 saturated heterocycles. The maximum absolute atomic E-state index is 10.2. The van der Waals surface area contributed by atoms with Crippen LogP contribution in [-0.4, -0.2) is 17.5 Å². The van der Waals surface area contributed by atoms with Crippen LogP contribution < -0.4 is 20.5 Å². The molecule has 0 aliphatic rings. The van der Waals surface area contributed by atoms with Crippen LogP contribution in [0, 0.1) is 0 Å². The summed E-state index contributed by atoms with van der Waals surface area (Å²) in [4.78, 5) is 3.90. The summed E-state index contributed by atoms with van der Waals surface area (Å²) in [5.41, 5.74) is 5.68. The van der Waals surface area contributed by atoms with Crippen molar-refractivity contribution in [2.24, 2.45) is 0 Å². The van der Waals surface area contributed by atoms with Crippen molar-refractivity contribution in [3.05, 3.63) is 24.3 Å². The number of nitrogens with one attached hydrogen (secondary N) is 4. The molecule has 16 heavy (non-hydrogen) atoms. The van der Waals surface area contributed by atoms with E-state index in [0.29, 0.717) is 11.4 Å². The molecule has 0 heterocycles. The minimum atomic E-state index is -2.43. The number of anilines is 2. The van der Waals surface area contributed by atoms with Gasteiger partial charge >= 0.3 is 0 Å². The number of rotatable bonds is 6. The zero-order chi connectivity index (χ0) is 12.0. The van der Waals surface area contributed by atoms with Crippen molar-refractivity contribution in [1.82, 2.24) is 9.66 Å². The van der Waals surface area contributed by atoms with Crippen LogP contribution in [0.2, 0.25) is 0 Å². The first-order valence-electron chi connectivity index (χ1n) is 3.90. The Morgan fingerprint density at radius 2 is 1.38 bits per heavy atom.